The van der Waals surface area contributed by atoms with Crippen molar-refractivity contribution in [2.24, 2.45) is 5.92 Å². The molecule has 1 atom stereocenters. The molecule has 3 rings (SSSR count). The standard InChI is InChI=1S/C20H20ClNO4/c21-18-7-2-1-5-16(18)13-26-17-6-3-4-14(10-17)11-19(23)22-9-8-15(12-22)20(24)25/h1-7,10,15H,8-9,11-13H2,(H,24,25). The Bertz CT molecular complexity index is 808. The lowest BCUT2D eigenvalue weighted by Crippen LogP contribution is -2.31. The van der Waals surface area contributed by atoms with Crippen LogP contribution < -0.4 is 4.74 Å². The number of carboxylic acids is 1. The lowest BCUT2D eigenvalue weighted by atomic mass is 10.1. The zero-order valence-electron chi connectivity index (χ0n) is 14.2. The molecule has 1 unspecified atom stereocenters. The fraction of sp³-hybridized carbons (Fsp3) is 0.300. The van der Waals surface area contributed by atoms with Crippen molar-refractivity contribution in [1.29, 1.82) is 0 Å². The van der Waals surface area contributed by atoms with E-state index < -0.39 is 11.9 Å². The molecule has 1 aliphatic rings. The highest BCUT2D eigenvalue weighted by Crippen LogP contribution is 2.21. The normalized spacial score (nSPS) is 16.5. The maximum Gasteiger partial charge on any atom is 0.308 e. The van der Waals surface area contributed by atoms with E-state index in [1.807, 2.05) is 48.5 Å². The first kappa shape index (κ1) is 18.3. The van der Waals surface area contributed by atoms with Gasteiger partial charge in [-0.2, -0.15) is 0 Å². The van der Waals surface area contributed by atoms with E-state index in [-0.39, 0.29) is 18.9 Å². The number of amides is 1. The molecule has 2 aromatic carbocycles. The molecule has 136 valence electrons. The molecule has 2 aromatic rings. The number of carboxylic acid groups (broad SMARTS) is 1. The van der Waals surface area contributed by atoms with Gasteiger partial charge in [-0.05, 0) is 30.2 Å². The van der Waals surface area contributed by atoms with E-state index in [1.165, 1.54) is 0 Å². The molecule has 1 fully saturated rings. The van der Waals surface area contributed by atoms with Crippen molar-refractivity contribution < 1.29 is 19.4 Å². The third kappa shape index (κ3) is 4.55. The smallest absolute Gasteiger partial charge is 0.308 e. The number of ether oxygens (including phenoxy) is 1. The molecule has 0 bridgehead atoms. The molecule has 0 aromatic heterocycles. The van der Waals surface area contributed by atoms with Crippen LogP contribution in [0.5, 0.6) is 5.75 Å². The van der Waals surface area contributed by atoms with Crippen LogP contribution in [0.3, 0.4) is 0 Å². The van der Waals surface area contributed by atoms with Crippen LogP contribution in [0, 0.1) is 5.92 Å². The number of hydrogen-bond acceptors (Lipinski definition) is 3. The van der Waals surface area contributed by atoms with Crippen LogP contribution in [0.15, 0.2) is 48.5 Å². The van der Waals surface area contributed by atoms with Gasteiger partial charge in [0, 0.05) is 23.7 Å². The fourth-order valence-corrected chi connectivity index (χ4v) is 3.19. The Morgan fingerprint density at radius 3 is 2.73 bits per heavy atom. The molecular weight excluding hydrogens is 354 g/mol. The molecule has 26 heavy (non-hydrogen) atoms. The summed E-state index contributed by atoms with van der Waals surface area (Å²) in [4.78, 5) is 25.0. The molecule has 0 radical (unpaired) electrons. The summed E-state index contributed by atoms with van der Waals surface area (Å²) < 4.78 is 5.78. The van der Waals surface area contributed by atoms with Gasteiger partial charge in [0.25, 0.3) is 0 Å². The molecule has 6 heteroatoms. The third-order valence-corrected chi connectivity index (χ3v) is 4.86. The number of rotatable bonds is 6. The summed E-state index contributed by atoms with van der Waals surface area (Å²) in [7, 11) is 0. The van der Waals surface area contributed by atoms with Crippen molar-refractivity contribution in [3.63, 3.8) is 0 Å². The van der Waals surface area contributed by atoms with Gasteiger partial charge >= 0.3 is 5.97 Å². The molecule has 1 N–H and O–H groups in total. The number of nitrogens with zero attached hydrogens (tertiary/aromatic N) is 1. The average Bonchev–Trinajstić information content (AvgIpc) is 3.12. The molecular formula is C20H20ClNO4. The Balaban J connectivity index is 1.58. The van der Waals surface area contributed by atoms with Gasteiger partial charge in [0.05, 0.1) is 12.3 Å². The summed E-state index contributed by atoms with van der Waals surface area (Å²) in [5.41, 5.74) is 1.73. The van der Waals surface area contributed by atoms with Crippen molar-refractivity contribution in [3.8, 4) is 5.75 Å². The fourth-order valence-electron chi connectivity index (χ4n) is 3.00. The highest BCUT2D eigenvalue weighted by Gasteiger charge is 2.30. The maximum absolute atomic E-state index is 12.4. The van der Waals surface area contributed by atoms with Crippen LogP contribution in [0.4, 0.5) is 0 Å². The monoisotopic (exact) mass is 373 g/mol. The lowest BCUT2D eigenvalue weighted by Gasteiger charge is -2.16. The zero-order chi connectivity index (χ0) is 18.5. The minimum absolute atomic E-state index is 0.0583. The van der Waals surface area contributed by atoms with E-state index in [0.717, 1.165) is 11.1 Å². The molecule has 1 amide bonds. The summed E-state index contributed by atoms with van der Waals surface area (Å²) in [6, 6.07) is 14.9. The van der Waals surface area contributed by atoms with E-state index in [0.29, 0.717) is 30.3 Å². The Morgan fingerprint density at radius 1 is 1.19 bits per heavy atom. The van der Waals surface area contributed by atoms with Gasteiger partial charge in [0.15, 0.2) is 0 Å². The van der Waals surface area contributed by atoms with E-state index >= 15 is 0 Å². The molecule has 1 aliphatic heterocycles. The summed E-state index contributed by atoms with van der Waals surface area (Å²) in [5, 5.41) is 9.70. The number of benzene rings is 2. The molecule has 0 spiro atoms. The van der Waals surface area contributed by atoms with Gasteiger partial charge in [-0.15, -0.1) is 0 Å². The van der Waals surface area contributed by atoms with Gasteiger partial charge in [0.1, 0.15) is 12.4 Å². The van der Waals surface area contributed by atoms with Gasteiger partial charge in [-0.25, -0.2) is 0 Å². The topological polar surface area (TPSA) is 66.8 Å². The summed E-state index contributed by atoms with van der Waals surface area (Å²) in [6.07, 6.45) is 0.748. The van der Waals surface area contributed by atoms with Crippen molar-refractivity contribution in [1.82, 2.24) is 4.90 Å². The van der Waals surface area contributed by atoms with Crippen LogP contribution in [-0.4, -0.2) is 35.0 Å². The Kier molecular flexibility index (Phi) is 5.78. The highest BCUT2D eigenvalue weighted by molar-refractivity contribution is 6.31. The second-order valence-corrected chi connectivity index (χ2v) is 6.78. The van der Waals surface area contributed by atoms with Crippen molar-refractivity contribution in [3.05, 3.63) is 64.7 Å². The van der Waals surface area contributed by atoms with Crippen LogP contribution in [0.2, 0.25) is 5.02 Å². The number of aliphatic carboxylic acids is 1. The van der Waals surface area contributed by atoms with Gasteiger partial charge in [-0.3, -0.25) is 9.59 Å². The molecule has 1 saturated heterocycles. The maximum atomic E-state index is 12.4. The Hall–Kier alpha value is -2.53. The number of likely N-dealkylation sites (tertiary alicyclic amines) is 1. The van der Waals surface area contributed by atoms with E-state index in [1.54, 1.807) is 4.90 Å². The predicted molar refractivity (Wildman–Crippen MR) is 98.3 cm³/mol. The number of hydrogen-bond donors (Lipinski definition) is 1. The largest absolute Gasteiger partial charge is 0.489 e. The van der Waals surface area contributed by atoms with E-state index in [2.05, 4.69) is 0 Å². The minimum atomic E-state index is -0.838. The summed E-state index contributed by atoms with van der Waals surface area (Å²) in [5.74, 6) is -0.684. The molecule has 0 saturated carbocycles. The SMILES string of the molecule is O=C(O)C1CCN(C(=O)Cc2cccc(OCc3ccccc3Cl)c2)C1. The van der Waals surface area contributed by atoms with Crippen LogP contribution in [-0.2, 0) is 22.6 Å². The average molecular weight is 374 g/mol. The molecule has 0 aliphatic carbocycles. The first-order valence-electron chi connectivity index (χ1n) is 8.48. The summed E-state index contributed by atoms with van der Waals surface area (Å²) >= 11 is 6.13. The molecule has 1 heterocycles. The Labute approximate surface area is 157 Å². The van der Waals surface area contributed by atoms with Crippen LogP contribution in [0.1, 0.15) is 17.5 Å². The van der Waals surface area contributed by atoms with E-state index in [9.17, 15) is 9.59 Å². The first-order chi connectivity index (χ1) is 12.5. The van der Waals surface area contributed by atoms with Gasteiger partial charge in [0.2, 0.25) is 5.91 Å². The van der Waals surface area contributed by atoms with Crippen LogP contribution >= 0.6 is 11.6 Å². The Morgan fingerprint density at radius 2 is 2.00 bits per heavy atom. The van der Waals surface area contributed by atoms with Gasteiger partial charge in [-0.1, -0.05) is 41.9 Å². The minimum Gasteiger partial charge on any atom is -0.489 e. The third-order valence-electron chi connectivity index (χ3n) is 4.50. The van der Waals surface area contributed by atoms with Gasteiger partial charge < -0.3 is 14.7 Å². The van der Waals surface area contributed by atoms with Crippen molar-refractivity contribution >= 4 is 23.5 Å². The number of halogens is 1. The molecule has 5 nitrogen and oxygen atoms in total. The summed E-state index contributed by atoms with van der Waals surface area (Å²) in [6.45, 7) is 1.14. The van der Waals surface area contributed by atoms with Crippen LogP contribution in [0.25, 0.3) is 0 Å². The predicted octanol–water partition coefficient (Wildman–Crippen LogP) is 3.39. The first-order valence-corrected chi connectivity index (χ1v) is 8.86. The second kappa shape index (κ2) is 8.23. The zero-order valence-corrected chi connectivity index (χ0v) is 15.0. The number of carbonyl (C=O) groups is 2. The second-order valence-electron chi connectivity index (χ2n) is 6.37. The highest BCUT2D eigenvalue weighted by atomic mass is 35.5. The quantitative estimate of drug-likeness (QED) is 0.842. The lowest BCUT2D eigenvalue weighted by molar-refractivity contribution is -0.141. The van der Waals surface area contributed by atoms with E-state index in [4.69, 9.17) is 21.4 Å². The van der Waals surface area contributed by atoms with Crippen molar-refractivity contribution in [2.75, 3.05) is 13.1 Å². The number of carbonyl (C=O) groups excluding carboxylic acids is 1. The van der Waals surface area contributed by atoms with Crippen molar-refractivity contribution in [2.45, 2.75) is 19.4 Å².